The highest BCUT2D eigenvalue weighted by atomic mass is 16.5. The number of hydrogen-bond donors (Lipinski definition) is 2. The molecule has 2 aromatic rings. The number of carbonyl (C=O) groups excluding carboxylic acids is 2. The van der Waals surface area contributed by atoms with E-state index in [2.05, 4.69) is 22.6 Å². The average molecular weight is 508 g/mol. The maximum atomic E-state index is 12.8. The van der Waals surface area contributed by atoms with Gasteiger partial charge in [-0.2, -0.15) is 5.10 Å². The number of hydrogen-bond acceptors (Lipinski definition) is 6. The Kier molecular flexibility index (Phi) is 8.33. The second kappa shape index (κ2) is 11.6. The predicted molar refractivity (Wildman–Crippen MR) is 144 cm³/mol. The third-order valence-corrected chi connectivity index (χ3v) is 7.28. The largest absolute Gasteiger partial charge is 0.493 e. The highest BCUT2D eigenvalue weighted by Gasteiger charge is 2.28. The van der Waals surface area contributed by atoms with E-state index in [1.54, 1.807) is 33.4 Å². The molecule has 0 aromatic heterocycles. The van der Waals surface area contributed by atoms with Gasteiger partial charge in [0.05, 0.1) is 26.0 Å². The van der Waals surface area contributed by atoms with Gasteiger partial charge < -0.3 is 25.0 Å². The Labute approximate surface area is 218 Å². The van der Waals surface area contributed by atoms with Crippen molar-refractivity contribution in [3.05, 3.63) is 58.7 Å². The summed E-state index contributed by atoms with van der Waals surface area (Å²) >= 11 is 0. The zero-order valence-electron chi connectivity index (χ0n) is 22.3. The van der Waals surface area contributed by atoms with Gasteiger partial charge in [0.15, 0.2) is 11.5 Å². The van der Waals surface area contributed by atoms with Crippen LogP contribution in [-0.2, 0) is 6.42 Å². The third-order valence-electron chi connectivity index (χ3n) is 7.28. The molecule has 2 heterocycles. The van der Waals surface area contributed by atoms with Crippen molar-refractivity contribution in [1.29, 1.82) is 0 Å². The molecule has 0 aliphatic carbocycles. The molecule has 2 aromatic carbocycles. The van der Waals surface area contributed by atoms with Crippen LogP contribution in [0, 0.1) is 0 Å². The molecule has 2 unspecified atom stereocenters. The molecule has 4 rings (SSSR count). The summed E-state index contributed by atoms with van der Waals surface area (Å²) in [4.78, 5) is 27.8. The van der Waals surface area contributed by atoms with Gasteiger partial charge in [0, 0.05) is 36.3 Å². The average Bonchev–Trinajstić information content (AvgIpc) is 3.26. The fourth-order valence-electron chi connectivity index (χ4n) is 5.13. The van der Waals surface area contributed by atoms with Gasteiger partial charge in [0.1, 0.15) is 0 Å². The summed E-state index contributed by atoms with van der Waals surface area (Å²) in [5.41, 5.74) is 3.85. The Bertz CT molecular complexity index is 1160. The number of likely N-dealkylation sites (tertiary alicyclic amines) is 1. The lowest BCUT2D eigenvalue weighted by Crippen LogP contribution is -2.41. The van der Waals surface area contributed by atoms with Crippen molar-refractivity contribution in [3.8, 4) is 11.5 Å². The number of nitrogens with zero attached hydrogens (tertiary/aromatic N) is 3. The summed E-state index contributed by atoms with van der Waals surface area (Å²) in [7, 11) is 6.93. The number of urea groups is 1. The van der Waals surface area contributed by atoms with Crippen LogP contribution in [0.2, 0.25) is 0 Å². The van der Waals surface area contributed by atoms with E-state index in [9.17, 15) is 9.59 Å². The van der Waals surface area contributed by atoms with Crippen LogP contribution in [0.3, 0.4) is 0 Å². The van der Waals surface area contributed by atoms with Crippen LogP contribution >= 0.6 is 0 Å². The first-order chi connectivity index (χ1) is 17.9. The fraction of sp³-hybridized carbons (Fsp3) is 0.464. The zero-order chi connectivity index (χ0) is 26.5. The molecule has 0 saturated carbocycles. The van der Waals surface area contributed by atoms with E-state index >= 15 is 0 Å². The molecule has 2 atom stereocenters. The van der Waals surface area contributed by atoms with Crippen molar-refractivity contribution >= 4 is 17.6 Å². The quantitative estimate of drug-likeness (QED) is 0.600. The lowest BCUT2D eigenvalue weighted by atomic mass is 9.93. The SMILES string of the molecule is CNC(=O)N1N=C(c2ccc(C(=O)NCCC3CCCN3C)cc2)c2cc(OC)c(OC)cc2CC1C. The zero-order valence-corrected chi connectivity index (χ0v) is 22.3. The van der Waals surface area contributed by atoms with E-state index in [1.807, 2.05) is 31.2 Å². The first kappa shape index (κ1) is 26.5. The molecule has 2 aliphatic rings. The minimum absolute atomic E-state index is 0.0950. The van der Waals surface area contributed by atoms with E-state index in [0.29, 0.717) is 41.8 Å². The molecule has 0 bridgehead atoms. The number of hydrazone groups is 1. The molecular weight excluding hydrogens is 470 g/mol. The molecule has 2 N–H and O–H groups in total. The van der Waals surface area contributed by atoms with Crippen molar-refractivity contribution in [2.45, 2.75) is 44.7 Å². The molecule has 1 saturated heterocycles. The van der Waals surface area contributed by atoms with Crippen molar-refractivity contribution in [1.82, 2.24) is 20.5 Å². The maximum Gasteiger partial charge on any atom is 0.337 e. The monoisotopic (exact) mass is 507 g/mol. The first-order valence-corrected chi connectivity index (χ1v) is 12.8. The Morgan fingerprint density at radius 3 is 2.43 bits per heavy atom. The minimum Gasteiger partial charge on any atom is -0.493 e. The van der Waals surface area contributed by atoms with Gasteiger partial charge in [-0.1, -0.05) is 12.1 Å². The molecule has 2 aliphatic heterocycles. The molecule has 1 fully saturated rings. The highest BCUT2D eigenvalue weighted by molar-refractivity contribution is 6.15. The van der Waals surface area contributed by atoms with Crippen LogP contribution in [0.4, 0.5) is 4.79 Å². The third kappa shape index (κ3) is 5.72. The lowest BCUT2D eigenvalue weighted by Gasteiger charge is -2.22. The van der Waals surface area contributed by atoms with E-state index in [-0.39, 0.29) is 18.0 Å². The lowest BCUT2D eigenvalue weighted by molar-refractivity contribution is 0.0950. The van der Waals surface area contributed by atoms with Gasteiger partial charge >= 0.3 is 6.03 Å². The molecule has 0 spiro atoms. The van der Waals surface area contributed by atoms with E-state index < -0.39 is 0 Å². The summed E-state index contributed by atoms with van der Waals surface area (Å²) in [5.74, 6) is 1.11. The Hall–Kier alpha value is -3.59. The number of rotatable bonds is 7. The smallest absolute Gasteiger partial charge is 0.337 e. The molecule has 9 heteroatoms. The number of methoxy groups -OCH3 is 2. The van der Waals surface area contributed by atoms with Crippen molar-refractivity contribution < 1.29 is 19.1 Å². The second-order valence-corrected chi connectivity index (χ2v) is 9.66. The molecule has 3 amide bonds. The van der Waals surface area contributed by atoms with Crippen LogP contribution in [0.1, 0.15) is 53.2 Å². The van der Waals surface area contributed by atoms with Crippen LogP contribution < -0.4 is 20.1 Å². The summed E-state index contributed by atoms with van der Waals surface area (Å²) in [6.07, 6.45) is 3.95. The number of fused-ring (bicyclic) bond motifs is 1. The summed E-state index contributed by atoms with van der Waals surface area (Å²) in [5, 5.41) is 12.0. The predicted octanol–water partition coefficient (Wildman–Crippen LogP) is 3.26. The summed E-state index contributed by atoms with van der Waals surface area (Å²) in [6, 6.07) is 11.2. The van der Waals surface area contributed by atoms with Crippen molar-refractivity contribution in [3.63, 3.8) is 0 Å². The van der Waals surface area contributed by atoms with Gasteiger partial charge in [0.25, 0.3) is 5.91 Å². The van der Waals surface area contributed by atoms with Gasteiger partial charge in [-0.3, -0.25) is 4.79 Å². The number of carbonyl (C=O) groups is 2. The van der Waals surface area contributed by atoms with E-state index in [0.717, 1.165) is 29.7 Å². The normalized spacial score (nSPS) is 19.5. The van der Waals surface area contributed by atoms with Crippen LogP contribution in [0.15, 0.2) is 41.5 Å². The number of ether oxygens (including phenoxy) is 2. The Morgan fingerprint density at radius 2 is 1.81 bits per heavy atom. The van der Waals surface area contributed by atoms with E-state index in [4.69, 9.17) is 14.6 Å². The molecule has 37 heavy (non-hydrogen) atoms. The number of benzene rings is 2. The van der Waals surface area contributed by atoms with Gasteiger partial charge in [-0.05, 0) is 76.0 Å². The first-order valence-electron chi connectivity index (χ1n) is 12.8. The summed E-state index contributed by atoms with van der Waals surface area (Å²) < 4.78 is 11.1. The number of nitrogens with one attached hydrogen (secondary N) is 2. The van der Waals surface area contributed by atoms with E-state index in [1.165, 1.54) is 17.9 Å². The standard InChI is InChI=1S/C28H37N5O4/c1-18-15-21-16-24(36-4)25(37-5)17-23(21)26(31-33(18)28(35)29-2)19-8-10-20(11-9-19)27(34)30-13-12-22-7-6-14-32(22)3/h8-11,16-18,22H,6-7,12-15H2,1-5H3,(H,29,35)(H,30,34). The molecular formula is C28H37N5O4. The van der Waals surface area contributed by atoms with Gasteiger partial charge in [-0.25, -0.2) is 9.80 Å². The minimum atomic E-state index is -0.291. The molecule has 198 valence electrons. The highest BCUT2D eigenvalue weighted by Crippen LogP contribution is 2.34. The van der Waals surface area contributed by atoms with Crippen molar-refractivity contribution in [2.75, 3.05) is 41.4 Å². The van der Waals surface area contributed by atoms with Crippen LogP contribution in [-0.4, -0.2) is 81.0 Å². The second-order valence-electron chi connectivity index (χ2n) is 9.66. The number of amides is 3. The molecule has 9 nitrogen and oxygen atoms in total. The maximum absolute atomic E-state index is 12.8. The molecule has 0 radical (unpaired) electrons. The van der Waals surface area contributed by atoms with Crippen LogP contribution in [0.25, 0.3) is 0 Å². The fourth-order valence-corrected chi connectivity index (χ4v) is 5.13. The van der Waals surface area contributed by atoms with Crippen LogP contribution in [0.5, 0.6) is 11.5 Å². The van der Waals surface area contributed by atoms with Crippen molar-refractivity contribution in [2.24, 2.45) is 5.10 Å². The van der Waals surface area contributed by atoms with Gasteiger partial charge in [0.2, 0.25) is 0 Å². The topological polar surface area (TPSA) is 95.5 Å². The van der Waals surface area contributed by atoms with Gasteiger partial charge in [-0.15, -0.1) is 0 Å². The summed E-state index contributed by atoms with van der Waals surface area (Å²) in [6.45, 7) is 3.73. The Balaban J connectivity index is 1.61. The Morgan fingerprint density at radius 1 is 1.11 bits per heavy atom.